The van der Waals surface area contributed by atoms with Gasteiger partial charge in [-0.1, -0.05) is 0 Å². The van der Waals surface area contributed by atoms with Crippen LogP contribution in [0.15, 0.2) is 46.5 Å². The summed E-state index contributed by atoms with van der Waals surface area (Å²) in [5.41, 5.74) is 3.51. The maximum atomic E-state index is 13.5. The van der Waals surface area contributed by atoms with Gasteiger partial charge in [0.15, 0.2) is 5.03 Å². The van der Waals surface area contributed by atoms with Crippen LogP contribution >= 0.6 is 0 Å². The third kappa shape index (κ3) is 2.17. The molecule has 2 atom stereocenters. The molecule has 2 aliphatic rings. The minimum absolute atomic E-state index is 0.150. The number of pyridine rings is 1. The number of fused-ring (bicyclic) bond motifs is 6. The molecule has 2 aliphatic heterocycles. The average Bonchev–Trinajstić information content (AvgIpc) is 3.14. The van der Waals surface area contributed by atoms with E-state index >= 15 is 0 Å². The highest BCUT2D eigenvalue weighted by Gasteiger charge is 2.36. The Hall–Kier alpha value is -2.25. The van der Waals surface area contributed by atoms with E-state index in [0.29, 0.717) is 6.04 Å². The molecule has 1 N–H and O–H groups in total. The highest BCUT2D eigenvalue weighted by Crippen LogP contribution is 2.42. The van der Waals surface area contributed by atoms with Crippen LogP contribution in [0, 0.1) is 5.82 Å². The molecule has 2 unspecified atom stereocenters. The van der Waals surface area contributed by atoms with Crippen molar-refractivity contribution in [2.45, 2.75) is 41.3 Å². The number of aromatic nitrogens is 2. The molecule has 0 aliphatic carbocycles. The fourth-order valence-electron chi connectivity index (χ4n) is 4.40. The van der Waals surface area contributed by atoms with Crippen LogP contribution < -0.4 is 5.32 Å². The zero-order chi connectivity index (χ0) is 18.1. The van der Waals surface area contributed by atoms with Crippen molar-refractivity contribution in [3.63, 3.8) is 0 Å². The van der Waals surface area contributed by atoms with E-state index in [2.05, 4.69) is 14.9 Å². The second-order valence-corrected chi connectivity index (χ2v) is 9.01. The minimum atomic E-state index is -3.86. The van der Waals surface area contributed by atoms with E-state index in [9.17, 15) is 12.8 Å². The molecule has 5 rings (SSSR count). The lowest BCUT2D eigenvalue weighted by atomic mass is 9.99. The number of benzene rings is 1. The lowest BCUT2D eigenvalue weighted by molar-refractivity contribution is 0.503. The topological polar surface area (TPSA) is 64.0 Å². The number of hydrogen-bond donors (Lipinski definition) is 1. The lowest BCUT2D eigenvalue weighted by Crippen LogP contribution is -2.32. The fraction of sp³-hybridized carbons (Fsp3) is 0.316. The summed E-state index contributed by atoms with van der Waals surface area (Å²) in [6.45, 7) is 0. The monoisotopic (exact) mass is 371 g/mol. The Kier molecular flexibility index (Phi) is 3.30. The fourth-order valence-corrected chi connectivity index (χ4v) is 5.63. The van der Waals surface area contributed by atoms with Crippen molar-refractivity contribution in [1.29, 1.82) is 0 Å². The highest BCUT2D eigenvalue weighted by atomic mass is 32.2. The summed E-state index contributed by atoms with van der Waals surface area (Å²) in [6, 6.07) is 8.03. The van der Waals surface area contributed by atoms with Gasteiger partial charge in [0.05, 0.1) is 4.90 Å². The van der Waals surface area contributed by atoms with Crippen molar-refractivity contribution in [3.8, 4) is 0 Å². The SMILES string of the molecule is Cn1c2c(c3cc(S(=O)(=O)c4cc(F)ccn4)ccc31)C1CCC(C2)N1. The smallest absolute Gasteiger partial charge is 0.223 e. The van der Waals surface area contributed by atoms with E-state index in [1.807, 2.05) is 13.1 Å². The van der Waals surface area contributed by atoms with Gasteiger partial charge < -0.3 is 9.88 Å². The molecule has 26 heavy (non-hydrogen) atoms. The van der Waals surface area contributed by atoms with E-state index in [0.717, 1.165) is 42.3 Å². The number of halogens is 1. The first-order valence-electron chi connectivity index (χ1n) is 8.69. The van der Waals surface area contributed by atoms with E-state index in [-0.39, 0.29) is 16.0 Å². The van der Waals surface area contributed by atoms with Crippen molar-refractivity contribution in [1.82, 2.24) is 14.9 Å². The third-order valence-corrected chi connectivity index (χ3v) is 7.30. The summed E-state index contributed by atoms with van der Waals surface area (Å²) < 4.78 is 41.5. The lowest BCUT2D eigenvalue weighted by Gasteiger charge is -2.23. The Bertz CT molecular complexity index is 1150. The van der Waals surface area contributed by atoms with Crippen molar-refractivity contribution in [3.05, 3.63) is 53.6 Å². The summed E-state index contributed by atoms with van der Waals surface area (Å²) in [6.07, 6.45) is 4.35. The number of rotatable bonds is 2. The zero-order valence-electron chi connectivity index (χ0n) is 14.2. The molecular formula is C19H18FN3O2S. The summed E-state index contributed by atoms with van der Waals surface area (Å²) in [4.78, 5) is 4.00. The van der Waals surface area contributed by atoms with Gasteiger partial charge in [-0.25, -0.2) is 17.8 Å². The molecule has 0 radical (unpaired) electrons. The summed E-state index contributed by atoms with van der Waals surface area (Å²) >= 11 is 0. The predicted molar refractivity (Wildman–Crippen MR) is 95.2 cm³/mol. The van der Waals surface area contributed by atoms with Gasteiger partial charge in [-0.3, -0.25) is 0 Å². The van der Waals surface area contributed by atoms with Crippen LogP contribution in [0.3, 0.4) is 0 Å². The van der Waals surface area contributed by atoms with Crippen molar-refractivity contribution in [2.75, 3.05) is 0 Å². The first-order chi connectivity index (χ1) is 12.4. The summed E-state index contributed by atoms with van der Waals surface area (Å²) in [5.74, 6) is -0.613. The van der Waals surface area contributed by atoms with Crippen LogP contribution in [0.2, 0.25) is 0 Å². The van der Waals surface area contributed by atoms with E-state index in [4.69, 9.17) is 0 Å². The molecule has 0 spiro atoms. The van der Waals surface area contributed by atoms with Crippen LogP contribution in [-0.2, 0) is 23.3 Å². The number of aryl methyl sites for hydroxylation is 1. The first-order valence-corrected chi connectivity index (χ1v) is 10.2. The van der Waals surface area contributed by atoms with Gasteiger partial charge in [-0.05, 0) is 42.7 Å². The average molecular weight is 371 g/mol. The number of sulfone groups is 1. The molecule has 2 aromatic heterocycles. The van der Waals surface area contributed by atoms with Gasteiger partial charge in [0, 0.05) is 54.4 Å². The van der Waals surface area contributed by atoms with Crippen LogP contribution in [0.5, 0.6) is 0 Å². The molecule has 1 fully saturated rings. The zero-order valence-corrected chi connectivity index (χ0v) is 15.1. The maximum Gasteiger partial charge on any atom is 0.223 e. The normalized spacial score (nSPS) is 21.9. The largest absolute Gasteiger partial charge is 0.347 e. The summed E-state index contributed by atoms with van der Waals surface area (Å²) in [5, 5.41) is 4.32. The van der Waals surface area contributed by atoms with Crippen LogP contribution in [0.4, 0.5) is 4.39 Å². The van der Waals surface area contributed by atoms with Crippen molar-refractivity contribution < 1.29 is 12.8 Å². The molecule has 5 nitrogen and oxygen atoms in total. The van der Waals surface area contributed by atoms with Gasteiger partial charge in [-0.15, -0.1) is 0 Å². The Labute approximate surface area is 150 Å². The van der Waals surface area contributed by atoms with Gasteiger partial charge in [0.1, 0.15) is 5.82 Å². The Morgan fingerprint density at radius 3 is 2.88 bits per heavy atom. The van der Waals surface area contributed by atoms with Crippen molar-refractivity contribution >= 4 is 20.7 Å². The van der Waals surface area contributed by atoms with Crippen LogP contribution in [-0.4, -0.2) is 24.0 Å². The Balaban J connectivity index is 1.72. The van der Waals surface area contributed by atoms with Crippen molar-refractivity contribution in [2.24, 2.45) is 7.05 Å². The third-order valence-electron chi connectivity index (χ3n) is 5.65. The van der Waals surface area contributed by atoms with Crippen LogP contribution in [0.1, 0.15) is 30.1 Å². The van der Waals surface area contributed by atoms with Crippen LogP contribution in [0.25, 0.3) is 10.9 Å². The van der Waals surface area contributed by atoms with E-state index in [1.165, 1.54) is 17.5 Å². The molecule has 2 bridgehead atoms. The highest BCUT2D eigenvalue weighted by molar-refractivity contribution is 7.91. The quantitative estimate of drug-likeness (QED) is 0.752. The van der Waals surface area contributed by atoms with Gasteiger partial charge >= 0.3 is 0 Å². The number of nitrogens with zero attached hydrogens (tertiary/aromatic N) is 2. The molecule has 3 aromatic rings. The maximum absolute atomic E-state index is 13.5. The van der Waals surface area contributed by atoms with Gasteiger partial charge in [0.25, 0.3) is 0 Å². The van der Waals surface area contributed by atoms with E-state index < -0.39 is 15.7 Å². The molecule has 1 saturated heterocycles. The molecule has 7 heteroatoms. The van der Waals surface area contributed by atoms with Gasteiger partial charge in [0.2, 0.25) is 9.84 Å². The molecule has 0 saturated carbocycles. The second kappa shape index (κ2) is 5.37. The molecule has 0 amide bonds. The Morgan fingerprint density at radius 1 is 1.23 bits per heavy atom. The molecule has 134 valence electrons. The predicted octanol–water partition coefficient (Wildman–Crippen LogP) is 2.89. The molecule has 4 heterocycles. The number of hydrogen-bond acceptors (Lipinski definition) is 4. The minimum Gasteiger partial charge on any atom is -0.347 e. The number of nitrogens with one attached hydrogen (secondary N) is 1. The summed E-state index contributed by atoms with van der Waals surface area (Å²) in [7, 11) is -1.83. The van der Waals surface area contributed by atoms with Gasteiger partial charge in [-0.2, -0.15) is 0 Å². The standard InChI is InChI=1S/C19H18FN3O2S/c1-23-16-5-3-13(26(24,25)18-8-11(20)6-7-21-18)10-14(16)19-15-4-2-12(22-15)9-17(19)23/h3,5-8,10,12,15,22H,2,4,9H2,1H3. The first kappa shape index (κ1) is 16.0. The second-order valence-electron chi connectivity index (χ2n) is 7.11. The van der Waals surface area contributed by atoms with E-state index in [1.54, 1.807) is 12.1 Å². The molecule has 1 aromatic carbocycles. The molecular weight excluding hydrogens is 353 g/mol. The Morgan fingerprint density at radius 2 is 2.08 bits per heavy atom.